The molecule has 5 nitrogen and oxygen atoms in total. The van der Waals surface area contributed by atoms with Crippen molar-refractivity contribution < 1.29 is 15.3 Å². The molecule has 78 valence electrons. The molecule has 0 spiro atoms. The Morgan fingerprint density at radius 3 is 2.71 bits per heavy atom. The molecule has 5 N–H and O–H groups in total. The summed E-state index contributed by atoms with van der Waals surface area (Å²) in [5, 5.41) is 27.4. The lowest BCUT2D eigenvalue weighted by atomic mass is 10.1. The molecule has 1 rings (SSSR count). The van der Waals surface area contributed by atoms with Gasteiger partial charge >= 0.3 is 0 Å². The molecule has 0 saturated carbocycles. The molecule has 1 heterocycles. The second-order valence-electron chi connectivity index (χ2n) is 2.82. The van der Waals surface area contributed by atoms with Crippen molar-refractivity contribution in [2.24, 2.45) is 0 Å². The Balaban J connectivity index is 2.99. The fraction of sp³-hybridized carbons (Fsp3) is 0.375. The molecule has 0 amide bonds. The maximum Gasteiger partial charge on any atom is 0.129 e. The average Bonchev–Trinajstić information content (AvgIpc) is 2.19. The highest BCUT2D eigenvalue weighted by Gasteiger charge is 2.20. The largest absolute Gasteiger partial charge is 0.394 e. The Morgan fingerprint density at radius 2 is 2.14 bits per heavy atom. The number of nitrogens with two attached hydrogens (primary N) is 1. The van der Waals surface area contributed by atoms with Gasteiger partial charge in [-0.1, -0.05) is 0 Å². The van der Waals surface area contributed by atoms with E-state index in [4.69, 9.17) is 10.8 Å². The van der Waals surface area contributed by atoms with Crippen LogP contribution in [0.3, 0.4) is 0 Å². The molecule has 0 radical (unpaired) electrons. The van der Waals surface area contributed by atoms with Gasteiger partial charge in [0.05, 0.1) is 6.61 Å². The molecule has 0 bridgehead atoms. The quantitative estimate of drug-likeness (QED) is 0.606. The van der Waals surface area contributed by atoms with Crippen LogP contribution < -0.4 is 5.73 Å². The van der Waals surface area contributed by atoms with E-state index in [1.165, 1.54) is 6.20 Å². The Morgan fingerprint density at radius 1 is 1.50 bits per heavy atom. The van der Waals surface area contributed by atoms with Crippen molar-refractivity contribution in [2.75, 3.05) is 12.3 Å². The van der Waals surface area contributed by atoms with Gasteiger partial charge in [-0.2, -0.15) is 0 Å². The van der Waals surface area contributed by atoms with E-state index in [0.29, 0.717) is 10.0 Å². The fourth-order valence-electron chi connectivity index (χ4n) is 1.01. The van der Waals surface area contributed by atoms with Gasteiger partial charge in [-0.05, 0) is 22.0 Å². The summed E-state index contributed by atoms with van der Waals surface area (Å²) in [6.07, 6.45) is -1.00. The molecule has 0 aromatic carbocycles. The number of nitrogens with zero attached hydrogens (tertiary/aromatic N) is 1. The van der Waals surface area contributed by atoms with E-state index >= 15 is 0 Å². The lowest BCUT2D eigenvalue weighted by Gasteiger charge is -2.17. The van der Waals surface area contributed by atoms with Crippen LogP contribution in [-0.4, -0.2) is 33.0 Å². The maximum absolute atomic E-state index is 9.54. The first-order valence-electron chi connectivity index (χ1n) is 3.94. The summed E-state index contributed by atoms with van der Waals surface area (Å²) in [5.74, 6) is 0.133. The van der Waals surface area contributed by atoms with Gasteiger partial charge < -0.3 is 21.1 Å². The number of rotatable bonds is 3. The van der Waals surface area contributed by atoms with Crippen LogP contribution in [0.1, 0.15) is 11.7 Å². The smallest absolute Gasteiger partial charge is 0.129 e. The van der Waals surface area contributed by atoms with Crippen molar-refractivity contribution in [1.29, 1.82) is 0 Å². The minimum absolute atomic E-state index is 0.133. The first-order valence-corrected chi connectivity index (χ1v) is 4.73. The number of hydrogen-bond acceptors (Lipinski definition) is 5. The number of nitrogen functional groups attached to an aromatic ring is 1. The monoisotopic (exact) mass is 262 g/mol. The molecule has 0 fully saturated rings. The predicted molar refractivity (Wildman–Crippen MR) is 54.4 cm³/mol. The van der Waals surface area contributed by atoms with Gasteiger partial charge in [0.25, 0.3) is 0 Å². The van der Waals surface area contributed by atoms with Crippen LogP contribution in [0.4, 0.5) is 5.82 Å². The Hall–Kier alpha value is -0.690. The number of aliphatic hydroxyl groups is 3. The number of anilines is 1. The van der Waals surface area contributed by atoms with E-state index in [9.17, 15) is 10.2 Å². The molecule has 0 aliphatic heterocycles. The third-order valence-electron chi connectivity index (χ3n) is 1.79. The Labute approximate surface area is 89.3 Å². The van der Waals surface area contributed by atoms with Crippen molar-refractivity contribution >= 4 is 21.7 Å². The van der Waals surface area contributed by atoms with Gasteiger partial charge in [0, 0.05) is 16.2 Å². The van der Waals surface area contributed by atoms with Crippen molar-refractivity contribution in [3.63, 3.8) is 0 Å². The third-order valence-corrected chi connectivity index (χ3v) is 2.22. The topological polar surface area (TPSA) is 99.6 Å². The molecule has 2 atom stereocenters. The molecule has 1 aromatic rings. The van der Waals surface area contributed by atoms with Crippen molar-refractivity contribution in [3.8, 4) is 0 Å². The van der Waals surface area contributed by atoms with E-state index in [-0.39, 0.29) is 5.82 Å². The highest BCUT2D eigenvalue weighted by atomic mass is 79.9. The van der Waals surface area contributed by atoms with Gasteiger partial charge in [0.15, 0.2) is 0 Å². The van der Waals surface area contributed by atoms with Gasteiger partial charge in [0.2, 0.25) is 0 Å². The summed E-state index contributed by atoms with van der Waals surface area (Å²) in [7, 11) is 0. The number of aromatic nitrogens is 1. The summed E-state index contributed by atoms with van der Waals surface area (Å²) in [6, 6.07) is 1.55. The van der Waals surface area contributed by atoms with Gasteiger partial charge in [-0.25, -0.2) is 4.98 Å². The lowest BCUT2D eigenvalue weighted by Crippen LogP contribution is -2.23. The zero-order chi connectivity index (χ0) is 10.7. The zero-order valence-electron chi connectivity index (χ0n) is 7.26. The molecule has 6 heteroatoms. The van der Waals surface area contributed by atoms with Gasteiger partial charge in [-0.15, -0.1) is 0 Å². The minimum Gasteiger partial charge on any atom is -0.394 e. The lowest BCUT2D eigenvalue weighted by molar-refractivity contribution is -0.0150. The molecule has 14 heavy (non-hydrogen) atoms. The number of aliphatic hydroxyl groups excluding tert-OH is 3. The van der Waals surface area contributed by atoms with Crippen LogP contribution in [0.15, 0.2) is 16.7 Å². The average molecular weight is 263 g/mol. The summed E-state index contributed by atoms with van der Waals surface area (Å²) in [6.45, 7) is -0.535. The predicted octanol–water partition coefficient (Wildman–Crippen LogP) is -0.187. The number of halogens is 1. The van der Waals surface area contributed by atoms with E-state index in [2.05, 4.69) is 20.9 Å². The second-order valence-corrected chi connectivity index (χ2v) is 3.74. The molecular weight excluding hydrogens is 252 g/mol. The van der Waals surface area contributed by atoms with Crippen molar-refractivity contribution in [2.45, 2.75) is 12.2 Å². The molecule has 0 saturated heterocycles. The molecule has 1 aromatic heterocycles. The maximum atomic E-state index is 9.54. The van der Waals surface area contributed by atoms with E-state index in [1.807, 2.05) is 0 Å². The molecule has 0 aliphatic rings. The van der Waals surface area contributed by atoms with E-state index < -0.39 is 18.8 Å². The van der Waals surface area contributed by atoms with Crippen LogP contribution in [0, 0.1) is 0 Å². The van der Waals surface area contributed by atoms with Gasteiger partial charge in [-0.3, -0.25) is 0 Å². The number of pyridine rings is 1. The second kappa shape index (κ2) is 4.70. The summed E-state index contributed by atoms with van der Waals surface area (Å²) < 4.78 is 0.644. The van der Waals surface area contributed by atoms with Crippen molar-refractivity contribution in [3.05, 3.63) is 22.3 Å². The summed E-state index contributed by atoms with van der Waals surface area (Å²) in [5.41, 5.74) is 5.79. The molecular formula is C8H11BrN2O3. The van der Waals surface area contributed by atoms with Crippen molar-refractivity contribution in [1.82, 2.24) is 4.98 Å². The highest BCUT2D eigenvalue weighted by Crippen LogP contribution is 2.24. The Kier molecular flexibility index (Phi) is 3.82. The van der Waals surface area contributed by atoms with Crippen LogP contribution in [-0.2, 0) is 0 Å². The highest BCUT2D eigenvalue weighted by molar-refractivity contribution is 9.10. The molecule has 0 aliphatic carbocycles. The first-order chi connectivity index (χ1) is 6.56. The Bertz CT molecular complexity index is 321. The van der Waals surface area contributed by atoms with Gasteiger partial charge in [0.1, 0.15) is 18.0 Å². The zero-order valence-corrected chi connectivity index (χ0v) is 8.85. The fourth-order valence-corrected chi connectivity index (χ4v) is 1.36. The third kappa shape index (κ3) is 2.42. The SMILES string of the molecule is Nc1ncc(Br)cc1C(O)C(O)CO. The summed E-state index contributed by atoms with van der Waals surface area (Å²) in [4.78, 5) is 3.79. The van der Waals surface area contributed by atoms with Crippen LogP contribution in [0.5, 0.6) is 0 Å². The van der Waals surface area contributed by atoms with Crippen LogP contribution >= 0.6 is 15.9 Å². The summed E-state index contributed by atoms with van der Waals surface area (Å²) >= 11 is 3.16. The number of hydrogen-bond donors (Lipinski definition) is 4. The normalized spacial score (nSPS) is 15.1. The van der Waals surface area contributed by atoms with Crippen LogP contribution in [0.2, 0.25) is 0 Å². The van der Waals surface area contributed by atoms with E-state index in [1.54, 1.807) is 6.07 Å². The van der Waals surface area contributed by atoms with E-state index in [0.717, 1.165) is 0 Å². The standard InChI is InChI=1S/C8H11BrN2O3/c9-4-1-5(8(10)11-2-4)7(14)6(13)3-12/h1-2,6-7,12-14H,3H2,(H2,10,11). The van der Waals surface area contributed by atoms with Crippen LogP contribution in [0.25, 0.3) is 0 Å². The minimum atomic E-state index is -1.26. The first kappa shape index (κ1) is 11.4. The molecule has 2 unspecified atom stereocenters.